The van der Waals surface area contributed by atoms with Crippen LogP contribution in [0.3, 0.4) is 0 Å². The molecule has 2 rings (SSSR count). The number of aromatic amines is 1. The number of non-ortho nitro benzene ring substituents is 1. The van der Waals surface area contributed by atoms with Crippen molar-refractivity contribution in [1.82, 2.24) is 10.2 Å². The van der Waals surface area contributed by atoms with E-state index in [1.807, 2.05) is 0 Å². The maximum absolute atomic E-state index is 12.4. The van der Waals surface area contributed by atoms with Crippen molar-refractivity contribution in [3.8, 4) is 0 Å². The van der Waals surface area contributed by atoms with E-state index in [1.54, 1.807) is 13.8 Å². The standard InChI is InChI=1S/C12H14N4O4S/c1-7-6-10(16(17)18)4-5-11(7)21(19,20)15-12-8(2)13-14-9(12)3/h4-6,15H,1-3H3,(H,13,14). The Morgan fingerprint density at radius 2 is 1.95 bits per heavy atom. The number of hydrogen-bond acceptors (Lipinski definition) is 5. The number of benzene rings is 1. The molecule has 112 valence electrons. The number of hydrogen-bond donors (Lipinski definition) is 2. The van der Waals surface area contributed by atoms with Crippen LogP contribution >= 0.6 is 0 Å². The molecular weight excluding hydrogens is 296 g/mol. The first kappa shape index (κ1) is 15.0. The van der Waals surface area contributed by atoms with Gasteiger partial charge in [0.05, 0.1) is 26.9 Å². The summed E-state index contributed by atoms with van der Waals surface area (Å²) in [5.74, 6) is 0. The number of nitro groups is 1. The molecule has 2 N–H and O–H groups in total. The zero-order valence-corrected chi connectivity index (χ0v) is 12.5. The molecule has 0 saturated heterocycles. The van der Waals surface area contributed by atoms with Crippen molar-refractivity contribution in [2.75, 3.05) is 4.72 Å². The van der Waals surface area contributed by atoms with Crippen LogP contribution in [0.1, 0.15) is 17.0 Å². The summed E-state index contributed by atoms with van der Waals surface area (Å²) in [6, 6.07) is 3.61. The molecule has 1 aromatic carbocycles. The number of sulfonamides is 1. The van der Waals surface area contributed by atoms with Crippen LogP contribution in [0.25, 0.3) is 0 Å². The lowest BCUT2D eigenvalue weighted by molar-refractivity contribution is -0.385. The maximum Gasteiger partial charge on any atom is 0.269 e. The van der Waals surface area contributed by atoms with Crippen LogP contribution in [-0.2, 0) is 10.0 Å². The second-order valence-electron chi connectivity index (χ2n) is 4.62. The molecule has 0 radical (unpaired) electrons. The molecule has 1 heterocycles. The van der Waals surface area contributed by atoms with Gasteiger partial charge in [-0.1, -0.05) is 0 Å². The summed E-state index contributed by atoms with van der Waals surface area (Å²) >= 11 is 0. The number of rotatable bonds is 4. The summed E-state index contributed by atoms with van der Waals surface area (Å²) in [5.41, 5.74) is 1.65. The van der Waals surface area contributed by atoms with E-state index < -0.39 is 14.9 Å². The Kier molecular flexibility index (Phi) is 3.69. The number of H-pyrrole nitrogens is 1. The van der Waals surface area contributed by atoms with Gasteiger partial charge in [-0.3, -0.25) is 19.9 Å². The quantitative estimate of drug-likeness (QED) is 0.661. The first-order valence-electron chi connectivity index (χ1n) is 6.02. The number of aromatic nitrogens is 2. The SMILES string of the molecule is Cc1cc([N+](=O)[O-])ccc1S(=O)(=O)Nc1c(C)n[nH]c1C. The molecule has 0 amide bonds. The Hall–Kier alpha value is -2.42. The minimum Gasteiger partial charge on any atom is -0.280 e. The summed E-state index contributed by atoms with van der Waals surface area (Å²) in [7, 11) is -3.83. The second kappa shape index (κ2) is 5.17. The monoisotopic (exact) mass is 310 g/mol. The molecule has 0 aliphatic carbocycles. The van der Waals surface area contributed by atoms with Gasteiger partial charge in [0.2, 0.25) is 0 Å². The zero-order chi connectivity index (χ0) is 15.8. The van der Waals surface area contributed by atoms with Crippen LogP contribution < -0.4 is 4.72 Å². The Labute approximate surface area is 121 Å². The van der Waals surface area contributed by atoms with Gasteiger partial charge < -0.3 is 0 Å². The summed E-state index contributed by atoms with van der Waals surface area (Å²) in [6.07, 6.45) is 0. The van der Waals surface area contributed by atoms with Gasteiger partial charge in [0.25, 0.3) is 15.7 Å². The van der Waals surface area contributed by atoms with Crippen molar-refractivity contribution >= 4 is 21.4 Å². The Bertz CT molecular complexity index is 791. The number of nitrogens with one attached hydrogen (secondary N) is 2. The van der Waals surface area contributed by atoms with Crippen LogP contribution in [0.15, 0.2) is 23.1 Å². The van der Waals surface area contributed by atoms with E-state index in [2.05, 4.69) is 14.9 Å². The predicted molar refractivity (Wildman–Crippen MR) is 76.7 cm³/mol. The second-order valence-corrected chi connectivity index (χ2v) is 6.27. The Morgan fingerprint density at radius 3 is 2.43 bits per heavy atom. The highest BCUT2D eigenvalue weighted by molar-refractivity contribution is 7.92. The lowest BCUT2D eigenvalue weighted by Crippen LogP contribution is -2.15. The summed E-state index contributed by atoms with van der Waals surface area (Å²) in [6.45, 7) is 4.88. The molecule has 0 fully saturated rings. The van der Waals surface area contributed by atoms with Crippen molar-refractivity contribution in [2.24, 2.45) is 0 Å². The van der Waals surface area contributed by atoms with E-state index in [4.69, 9.17) is 0 Å². The smallest absolute Gasteiger partial charge is 0.269 e. The molecular formula is C12H14N4O4S. The lowest BCUT2D eigenvalue weighted by Gasteiger charge is -2.10. The minimum absolute atomic E-state index is 0.00639. The van der Waals surface area contributed by atoms with Crippen LogP contribution in [0, 0.1) is 30.9 Å². The summed E-state index contributed by atoms with van der Waals surface area (Å²) in [5, 5.41) is 17.3. The van der Waals surface area contributed by atoms with Crippen molar-refractivity contribution < 1.29 is 13.3 Å². The fraction of sp³-hybridized carbons (Fsp3) is 0.250. The average molecular weight is 310 g/mol. The van der Waals surface area contributed by atoms with E-state index in [0.29, 0.717) is 22.6 Å². The Balaban J connectivity index is 2.43. The van der Waals surface area contributed by atoms with Crippen LogP contribution in [-0.4, -0.2) is 23.5 Å². The third kappa shape index (κ3) is 2.87. The predicted octanol–water partition coefficient (Wildman–Crippen LogP) is 2.04. The molecule has 0 aliphatic rings. The van der Waals surface area contributed by atoms with E-state index in [1.165, 1.54) is 19.1 Å². The van der Waals surface area contributed by atoms with E-state index >= 15 is 0 Å². The average Bonchev–Trinajstić information content (AvgIpc) is 2.69. The number of nitrogens with zero attached hydrogens (tertiary/aromatic N) is 2. The highest BCUT2D eigenvalue weighted by Crippen LogP contribution is 2.25. The molecule has 21 heavy (non-hydrogen) atoms. The minimum atomic E-state index is -3.83. The molecule has 1 aromatic heterocycles. The highest BCUT2D eigenvalue weighted by Gasteiger charge is 2.21. The van der Waals surface area contributed by atoms with Crippen LogP contribution in [0.2, 0.25) is 0 Å². The third-order valence-corrected chi connectivity index (χ3v) is 4.53. The highest BCUT2D eigenvalue weighted by atomic mass is 32.2. The molecule has 0 saturated carbocycles. The lowest BCUT2D eigenvalue weighted by atomic mass is 10.2. The van der Waals surface area contributed by atoms with Gasteiger partial charge in [0.15, 0.2) is 0 Å². The van der Waals surface area contributed by atoms with Crippen LogP contribution in [0.5, 0.6) is 0 Å². The molecule has 8 nitrogen and oxygen atoms in total. The molecule has 2 aromatic rings. The van der Waals surface area contributed by atoms with E-state index in [0.717, 1.165) is 6.07 Å². The molecule has 9 heteroatoms. The maximum atomic E-state index is 12.4. The summed E-state index contributed by atoms with van der Waals surface area (Å²) in [4.78, 5) is 10.1. The first-order chi connectivity index (χ1) is 9.72. The van der Waals surface area contributed by atoms with Gasteiger partial charge >= 0.3 is 0 Å². The molecule has 0 bridgehead atoms. The van der Waals surface area contributed by atoms with Gasteiger partial charge in [-0.2, -0.15) is 5.10 Å². The topological polar surface area (TPSA) is 118 Å². The molecule has 0 aliphatic heterocycles. The number of nitro benzene ring substituents is 1. The van der Waals surface area contributed by atoms with Crippen molar-refractivity contribution in [1.29, 1.82) is 0 Å². The van der Waals surface area contributed by atoms with Crippen molar-refractivity contribution in [3.05, 3.63) is 45.3 Å². The van der Waals surface area contributed by atoms with Gasteiger partial charge in [0.1, 0.15) is 0 Å². The van der Waals surface area contributed by atoms with Gasteiger partial charge in [-0.25, -0.2) is 8.42 Å². The van der Waals surface area contributed by atoms with Crippen LogP contribution in [0.4, 0.5) is 11.4 Å². The first-order valence-corrected chi connectivity index (χ1v) is 7.50. The Morgan fingerprint density at radius 1 is 1.29 bits per heavy atom. The van der Waals surface area contributed by atoms with Gasteiger partial charge in [-0.15, -0.1) is 0 Å². The normalized spacial score (nSPS) is 11.4. The molecule has 0 atom stereocenters. The van der Waals surface area contributed by atoms with Crippen molar-refractivity contribution in [2.45, 2.75) is 25.7 Å². The molecule has 0 spiro atoms. The molecule has 0 unspecified atom stereocenters. The van der Waals surface area contributed by atoms with Gasteiger partial charge in [-0.05, 0) is 32.4 Å². The van der Waals surface area contributed by atoms with E-state index in [9.17, 15) is 18.5 Å². The van der Waals surface area contributed by atoms with Crippen molar-refractivity contribution in [3.63, 3.8) is 0 Å². The zero-order valence-electron chi connectivity index (χ0n) is 11.7. The largest absolute Gasteiger partial charge is 0.280 e. The fourth-order valence-electron chi connectivity index (χ4n) is 1.94. The van der Waals surface area contributed by atoms with Gasteiger partial charge in [0, 0.05) is 12.1 Å². The third-order valence-electron chi connectivity index (χ3n) is 3.02. The number of aryl methyl sites for hydroxylation is 3. The van der Waals surface area contributed by atoms with E-state index in [-0.39, 0.29) is 10.6 Å². The number of anilines is 1. The fourth-order valence-corrected chi connectivity index (χ4v) is 3.35. The summed E-state index contributed by atoms with van der Waals surface area (Å²) < 4.78 is 27.2.